The number of nitrogens with zero attached hydrogens (tertiary/aromatic N) is 3. The Morgan fingerprint density at radius 3 is 2.56 bits per heavy atom. The fraction of sp³-hybridized carbons (Fsp3) is 0.800. The third-order valence-corrected chi connectivity index (χ3v) is 3.76. The molecule has 0 radical (unpaired) electrons. The lowest BCUT2D eigenvalue weighted by atomic mass is 10.2. The molecule has 2 atom stereocenters. The maximum atomic E-state index is 5.69. The molecule has 6 heteroatoms. The number of aromatic nitrogens is 2. The monoisotopic (exact) mass is 259 g/mol. The maximum Gasteiger partial charge on any atom is 0.180 e. The Morgan fingerprint density at radius 1 is 1.44 bits per heavy atom. The Kier molecular flexibility index (Phi) is 3.73. The molecule has 2 heterocycles. The second-order valence-electron chi connectivity index (χ2n) is 4.32. The van der Waals surface area contributed by atoms with Crippen molar-refractivity contribution in [1.29, 1.82) is 0 Å². The largest absolute Gasteiger partial charge is 0.373 e. The van der Waals surface area contributed by atoms with Crippen LogP contribution in [0.2, 0.25) is 0 Å². The van der Waals surface area contributed by atoms with E-state index in [-0.39, 0.29) is 12.2 Å². The zero-order valence-corrected chi connectivity index (χ0v) is 11.5. The second kappa shape index (κ2) is 4.91. The summed E-state index contributed by atoms with van der Waals surface area (Å²) in [6, 6.07) is 0. The normalized spacial score (nSPS) is 27.2. The van der Waals surface area contributed by atoms with Crippen LogP contribution in [0.5, 0.6) is 0 Å². The van der Waals surface area contributed by atoms with Crippen LogP contribution in [0.15, 0.2) is 0 Å². The van der Waals surface area contributed by atoms with Gasteiger partial charge in [-0.1, -0.05) is 11.3 Å². The van der Waals surface area contributed by atoms with E-state index in [0.29, 0.717) is 0 Å². The molecule has 1 aromatic heterocycles. The number of hydrogen-bond donors (Lipinski definition) is 0. The van der Waals surface area contributed by atoms with E-state index in [1.807, 2.05) is 11.6 Å². The van der Waals surface area contributed by atoms with Crippen molar-refractivity contribution in [3.63, 3.8) is 0 Å². The first-order chi connectivity index (χ1) is 7.54. The molecule has 0 amide bonds. The summed E-state index contributed by atoms with van der Waals surface area (Å²) in [7, 11) is 0. The molecule has 16 heavy (non-hydrogen) atoms. The summed E-state index contributed by atoms with van der Waals surface area (Å²) in [5.41, 5.74) is 0. The molecule has 4 nitrogen and oxygen atoms in total. The maximum absolute atomic E-state index is 5.69. The van der Waals surface area contributed by atoms with E-state index in [9.17, 15) is 0 Å². The molecule has 1 aliphatic rings. The summed E-state index contributed by atoms with van der Waals surface area (Å²) in [5.74, 6) is 0. The molecule has 0 saturated carbocycles. The van der Waals surface area contributed by atoms with Crippen molar-refractivity contribution in [2.45, 2.75) is 39.6 Å². The number of ether oxygens (including phenoxy) is 1. The summed E-state index contributed by atoms with van der Waals surface area (Å²) >= 11 is 6.83. The molecule has 2 unspecified atom stereocenters. The summed E-state index contributed by atoms with van der Waals surface area (Å²) in [6.07, 6.45) is 0.579. The van der Waals surface area contributed by atoms with Crippen LogP contribution in [0.25, 0.3) is 0 Å². The van der Waals surface area contributed by atoms with Gasteiger partial charge < -0.3 is 4.74 Å². The highest BCUT2D eigenvalue weighted by Crippen LogP contribution is 2.13. The van der Waals surface area contributed by atoms with Gasteiger partial charge in [0.1, 0.15) is 5.01 Å². The van der Waals surface area contributed by atoms with Gasteiger partial charge in [-0.05, 0) is 33.0 Å². The Bertz CT molecular complexity index is 404. The molecular weight excluding hydrogens is 242 g/mol. The molecule has 1 fully saturated rings. The van der Waals surface area contributed by atoms with E-state index >= 15 is 0 Å². The molecule has 0 aliphatic carbocycles. The van der Waals surface area contributed by atoms with Gasteiger partial charge in [0.2, 0.25) is 0 Å². The predicted molar refractivity (Wildman–Crippen MR) is 67.3 cm³/mol. The minimum absolute atomic E-state index is 0.289. The topological polar surface area (TPSA) is 30.3 Å². The quantitative estimate of drug-likeness (QED) is 0.761. The third-order valence-electron chi connectivity index (χ3n) is 2.54. The van der Waals surface area contributed by atoms with Crippen molar-refractivity contribution in [2.75, 3.05) is 13.1 Å². The van der Waals surface area contributed by atoms with Crippen LogP contribution >= 0.6 is 23.6 Å². The highest BCUT2D eigenvalue weighted by Gasteiger charge is 2.22. The van der Waals surface area contributed by atoms with Gasteiger partial charge >= 0.3 is 0 Å². The average molecular weight is 259 g/mol. The standard InChI is InChI=1S/C10H17N3OS2/c1-7-4-12(5-8(2)14-7)6-13-10(15)16-9(3)11-13/h7-8H,4-6H2,1-3H3. The van der Waals surface area contributed by atoms with Crippen molar-refractivity contribution in [1.82, 2.24) is 14.7 Å². The average Bonchev–Trinajstić information content (AvgIpc) is 2.43. The number of hydrogen-bond acceptors (Lipinski definition) is 5. The van der Waals surface area contributed by atoms with E-state index in [0.717, 1.165) is 28.7 Å². The number of morpholine rings is 1. The van der Waals surface area contributed by atoms with Crippen LogP contribution in [0.3, 0.4) is 0 Å². The molecule has 0 spiro atoms. The van der Waals surface area contributed by atoms with Gasteiger partial charge in [0.15, 0.2) is 3.95 Å². The van der Waals surface area contributed by atoms with E-state index in [1.54, 1.807) is 11.3 Å². The molecule has 1 saturated heterocycles. The van der Waals surface area contributed by atoms with E-state index in [1.165, 1.54) is 0 Å². The van der Waals surface area contributed by atoms with Crippen LogP contribution in [0.4, 0.5) is 0 Å². The van der Waals surface area contributed by atoms with Gasteiger partial charge in [-0.3, -0.25) is 4.90 Å². The Hall–Kier alpha value is -0.300. The molecular formula is C10H17N3OS2. The van der Waals surface area contributed by atoms with Crippen molar-refractivity contribution >= 4 is 23.6 Å². The van der Waals surface area contributed by atoms with Crippen molar-refractivity contribution in [3.05, 3.63) is 8.96 Å². The van der Waals surface area contributed by atoms with Gasteiger partial charge in [0.05, 0.1) is 18.9 Å². The Balaban J connectivity index is 2.04. The lowest BCUT2D eigenvalue weighted by molar-refractivity contribution is -0.0776. The minimum atomic E-state index is 0.289. The summed E-state index contributed by atoms with van der Waals surface area (Å²) in [5, 5.41) is 5.43. The van der Waals surface area contributed by atoms with Crippen molar-refractivity contribution < 1.29 is 4.74 Å². The van der Waals surface area contributed by atoms with E-state index < -0.39 is 0 Å². The molecule has 1 aliphatic heterocycles. The zero-order chi connectivity index (χ0) is 11.7. The lowest BCUT2D eigenvalue weighted by Crippen LogP contribution is -2.46. The fourth-order valence-electron chi connectivity index (χ4n) is 2.09. The summed E-state index contributed by atoms with van der Waals surface area (Å²) < 4.78 is 8.45. The molecule has 90 valence electrons. The van der Waals surface area contributed by atoms with Crippen molar-refractivity contribution in [3.8, 4) is 0 Å². The predicted octanol–water partition coefficient (Wildman–Crippen LogP) is 2.05. The first kappa shape index (κ1) is 12.2. The van der Waals surface area contributed by atoms with Crippen molar-refractivity contribution in [2.24, 2.45) is 0 Å². The van der Waals surface area contributed by atoms with Crippen LogP contribution in [-0.4, -0.2) is 40.0 Å². The Labute approximate surface area is 105 Å². The van der Waals surface area contributed by atoms with E-state index in [4.69, 9.17) is 17.0 Å². The molecule has 2 rings (SSSR count). The fourth-order valence-corrected chi connectivity index (χ4v) is 3.15. The summed E-state index contributed by atoms with van der Waals surface area (Å²) in [4.78, 5) is 2.34. The smallest absolute Gasteiger partial charge is 0.180 e. The van der Waals surface area contributed by atoms with Gasteiger partial charge in [0.25, 0.3) is 0 Å². The first-order valence-electron chi connectivity index (χ1n) is 5.47. The SMILES string of the molecule is Cc1nn(CN2CC(C)OC(C)C2)c(=S)s1. The van der Waals surface area contributed by atoms with Gasteiger partial charge in [-0.2, -0.15) is 5.10 Å². The zero-order valence-electron chi connectivity index (χ0n) is 9.84. The second-order valence-corrected chi connectivity index (χ2v) is 6.15. The van der Waals surface area contributed by atoms with E-state index in [2.05, 4.69) is 23.8 Å². The minimum Gasteiger partial charge on any atom is -0.373 e. The third kappa shape index (κ3) is 2.88. The first-order valence-corrected chi connectivity index (χ1v) is 6.69. The number of aryl methyl sites for hydroxylation is 1. The highest BCUT2D eigenvalue weighted by molar-refractivity contribution is 7.73. The molecule has 0 aromatic carbocycles. The molecule has 0 N–H and O–H groups in total. The molecule has 1 aromatic rings. The van der Waals surface area contributed by atoms with Gasteiger partial charge in [-0.15, -0.1) is 0 Å². The van der Waals surface area contributed by atoms with Crippen LogP contribution in [0, 0.1) is 10.9 Å². The molecule has 0 bridgehead atoms. The lowest BCUT2D eigenvalue weighted by Gasteiger charge is -2.34. The van der Waals surface area contributed by atoms with Crippen LogP contribution in [-0.2, 0) is 11.4 Å². The van der Waals surface area contributed by atoms with Crippen LogP contribution in [0.1, 0.15) is 18.9 Å². The van der Waals surface area contributed by atoms with Gasteiger partial charge in [0, 0.05) is 13.1 Å². The van der Waals surface area contributed by atoms with Gasteiger partial charge in [-0.25, -0.2) is 4.68 Å². The Morgan fingerprint density at radius 2 is 2.06 bits per heavy atom. The number of rotatable bonds is 2. The van der Waals surface area contributed by atoms with Crippen LogP contribution < -0.4 is 0 Å². The summed E-state index contributed by atoms with van der Waals surface area (Å²) in [6.45, 7) is 8.87. The highest BCUT2D eigenvalue weighted by atomic mass is 32.1.